The largest absolute Gasteiger partial charge is 0.351 e. The molecule has 0 saturated heterocycles. The Balaban J connectivity index is 1.26. The van der Waals surface area contributed by atoms with Crippen LogP contribution in [0.2, 0.25) is 0 Å². The third-order valence-electron chi connectivity index (χ3n) is 6.31. The maximum Gasteiger partial charge on any atom is 0.240 e. The first-order valence-corrected chi connectivity index (χ1v) is 13.5. The predicted molar refractivity (Wildman–Crippen MR) is 125 cm³/mol. The number of thiophene rings is 1. The van der Waals surface area contributed by atoms with Crippen LogP contribution in [0, 0.1) is 11.8 Å². The maximum absolute atomic E-state index is 12.8. The number of hydrogen-bond acceptors (Lipinski definition) is 5. The molecule has 7 nitrogen and oxygen atoms in total. The minimum absolute atomic E-state index is 0.00242. The second-order valence-electron chi connectivity index (χ2n) is 8.59. The molecule has 3 N–H and O–H groups in total. The summed E-state index contributed by atoms with van der Waals surface area (Å²) in [5.41, 5.74) is 1.55. The molecule has 172 valence electrons. The average molecular weight is 476 g/mol. The van der Waals surface area contributed by atoms with Gasteiger partial charge in [-0.05, 0) is 79.7 Å². The quantitative estimate of drug-likeness (QED) is 0.571. The highest BCUT2D eigenvalue weighted by molar-refractivity contribution is 7.89. The summed E-state index contributed by atoms with van der Waals surface area (Å²) in [6.07, 6.45) is 5.05. The fourth-order valence-electron chi connectivity index (χ4n) is 4.39. The number of nitrogens with one attached hydrogen (secondary N) is 3. The molecule has 1 saturated carbocycles. The number of carbonyl (C=O) groups is 2. The van der Waals surface area contributed by atoms with E-state index in [0.717, 1.165) is 36.1 Å². The van der Waals surface area contributed by atoms with Crippen molar-refractivity contribution in [1.82, 2.24) is 10.0 Å². The first-order chi connectivity index (χ1) is 15.4. The van der Waals surface area contributed by atoms with E-state index in [9.17, 15) is 18.0 Å². The van der Waals surface area contributed by atoms with Crippen molar-refractivity contribution < 1.29 is 18.0 Å². The average Bonchev–Trinajstić information content (AvgIpc) is 3.24. The Morgan fingerprint density at radius 3 is 2.69 bits per heavy atom. The number of fused-ring (bicyclic) bond motifs is 1. The van der Waals surface area contributed by atoms with Crippen molar-refractivity contribution in [2.45, 2.75) is 56.4 Å². The standard InChI is InChI=1S/C23H29N3O4S2/c27-22-5-1-3-18-13-20(10-11-21(18)26-22)32(29,30)25-14-16-6-8-17(9-7-16)23(28)24-15-19-4-2-12-31-19/h2,4,10-13,16-17,25H,1,3,5-9,14-15H2,(H,24,28)(H,26,27). The number of benzene rings is 1. The van der Waals surface area contributed by atoms with Gasteiger partial charge in [0.15, 0.2) is 0 Å². The van der Waals surface area contributed by atoms with Crippen molar-refractivity contribution in [3.63, 3.8) is 0 Å². The van der Waals surface area contributed by atoms with E-state index in [-0.39, 0.29) is 28.5 Å². The van der Waals surface area contributed by atoms with E-state index in [1.165, 1.54) is 0 Å². The van der Waals surface area contributed by atoms with E-state index >= 15 is 0 Å². The lowest BCUT2D eigenvalue weighted by Gasteiger charge is -2.27. The van der Waals surface area contributed by atoms with Crippen LogP contribution >= 0.6 is 11.3 Å². The van der Waals surface area contributed by atoms with Crippen LogP contribution in [-0.2, 0) is 32.6 Å². The topological polar surface area (TPSA) is 104 Å². The van der Waals surface area contributed by atoms with Crippen LogP contribution in [0.15, 0.2) is 40.6 Å². The number of rotatable bonds is 7. The molecule has 4 rings (SSSR count). The van der Waals surface area contributed by atoms with Gasteiger partial charge in [0.25, 0.3) is 0 Å². The van der Waals surface area contributed by atoms with Gasteiger partial charge in [0, 0.05) is 29.4 Å². The van der Waals surface area contributed by atoms with Gasteiger partial charge < -0.3 is 10.6 Å². The van der Waals surface area contributed by atoms with Gasteiger partial charge in [-0.1, -0.05) is 6.07 Å². The first-order valence-electron chi connectivity index (χ1n) is 11.1. The first kappa shape index (κ1) is 22.9. The second-order valence-corrected chi connectivity index (χ2v) is 11.4. The van der Waals surface area contributed by atoms with Gasteiger partial charge in [-0.3, -0.25) is 9.59 Å². The summed E-state index contributed by atoms with van der Waals surface area (Å²) in [4.78, 5) is 25.5. The minimum atomic E-state index is -3.62. The number of sulfonamides is 1. The van der Waals surface area contributed by atoms with E-state index in [1.807, 2.05) is 17.5 Å². The molecule has 2 aliphatic rings. The molecule has 0 radical (unpaired) electrons. The van der Waals surface area contributed by atoms with Crippen LogP contribution in [0.3, 0.4) is 0 Å². The molecule has 0 unspecified atom stereocenters. The predicted octanol–water partition coefficient (Wildman–Crippen LogP) is 3.42. The molecule has 32 heavy (non-hydrogen) atoms. The molecule has 1 aromatic heterocycles. The van der Waals surface area contributed by atoms with Crippen LogP contribution in [0.5, 0.6) is 0 Å². The van der Waals surface area contributed by atoms with Crippen LogP contribution in [-0.4, -0.2) is 26.8 Å². The van der Waals surface area contributed by atoms with Gasteiger partial charge >= 0.3 is 0 Å². The smallest absolute Gasteiger partial charge is 0.240 e. The molecule has 2 heterocycles. The van der Waals surface area contributed by atoms with Crippen LogP contribution in [0.1, 0.15) is 49.0 Å². The molecular formula is C23H29N3O4S2. The normalized spacial score (nSPS) is 21.3. The van der Waals surface area contributed by atoms with Gasteiger partial charge in [-0.25, -0.2) is 13.1 Å². The van der Waals surface area contributed by atoms with Gasteiger partial charge in [0.05, 0.1) is 11.4 Å². The Labute approximate surface area is 193 Å². The zero-order valence-corrected chi connectivity index (χ0v) is 19.6. The molecule has 1 fully saturated rings. The Bertz CT molecular complexity index is 1060. The molecule has 1 aromatic carbocycles. The molecule has 9 heteroatoms. The van der Waals surface area contributed by atoms with Crippen molar-refractivity contribution in [3.05, 3.63) is 46.2 Å². The highest BCUT2D eigenvalue weighted by Gasteiger charge is 2.27. The van der Waals surface area contributed by atoms with Crippen LogP contribution < -0.4 is 15.4 Å². The summed E-state index contributed by atoms with van der Waals surface area (Å²) in [5, 5.41) is 7.84. The number of hydrogen-bond donors (Lipinski definition) is 3. The number of carbonyl (C=O) groups excluding carboxylic acids is 2. The summed E-state index contributed by atoms with van der Waals surface area (Å²) in [5.74, 6) is 0.289. The monoisotopic (exact) mass is 475 g/mol. The Hall–Kier alpha value is -2.23. The van der Waals surface area contributed by atoms with Gasteiger partial charge in [-0.2, -0.15) is 0 Å². The maximum atomic E-state index is 12.8. The van der Waals surface area contributed by atoms with Crippen LogP contribution in [0.4, 0.5) is 5.69 Å². The van der Waals surface area contributed by atoms with Gasteiger partial charge in [0.1, 0.15) is 0 Å². The molecule has 1 aliphatic carbocycles. The zero-order chi connectivity index (χ0) is 22.6. The summed E-state index contributed by atoms with van der Waals surface area (Å²) < 4.78 is 28.4. The fraction of sp³-hybridized carbons (Fsp3) is 0.478. The Kier molecular flexibility index (Phi) is 7.27. The number of anilines is 1. The lowest BCUT2D eigenvalue weighted by atomic mass is 9.81. The molecule has 2 aromatic rings. The Morgan fingerprint density at radius 2 is 1.94 bits per heavy atom. The molecule has 1 aliphatic heterocycles. The van der Waals surface area contributed by atoms with E-state index < -0.39 is 10.0 Å². The van der Waals surface area contributed by atoms with Crippen molar-refractivity contribution in [3.8, 4) is 0 Å². The van der Waals surface area contributed by atoms with E-state index in [0.29, 0.717) is 38.0 Å². The summed E-state index contributed by atoms with van der Waals surface area (Å²) in [7, 11) is -3.62. The fourth-order valence-corrected chi connectivity index (χ4v) is 6.20. The third kappa shape index (κ3) is 5.76. The van der Waals surface area contributed by atoms with Crippen molar-refractivity contribution in [2.24, 2.45) is 11.8 Å². The summed E-state index contributed by atoms with van der Waals surface area (Å²) in [6.45, 7) is 0.945. The van der Waals surface area contributed by atoms with Crippen molar-refractivity contribution in [1.29, 1.82) is 0 Å². The number of aryl methyl sites for hydroxylation is 1. The zero-order valence-electron chi connectivity index (χ0n) is 17.9. The van der Waals surface area contributed by atoms with Crippen molar-refractivity contribution in [2.75, 3.05) is 11.9 Å². The summed E-state index contributed by atoms with van der Waals surface area (Å²) in [6, 6.07) is 8.86. The Morgan fingerprint density at radius 1 is 1.12 bits per heavy atom. The molecule has 0 atom stereocenters. The molecule has 0 bridgehead atoms. The highest BCUT2D eigenvalue weighted by Crippen LogP contribution is 2.29. The lowest BCUT2D eigenvalue weighted by Crippen LogP contribution is -2.35. The SMILES string of the molecule is O=C1CCCc2cc(S(=O)(=O)NCC3CCC(C(=O)NCc4cccs4)CC3)ccc2N1. The highest BCUT2D eigenvalue weighted by atomic mass is 32.2. The second kappa shape index (κ2) is 10.1. The van der Waals surface area contributed by atoms with Gasteiger partial charge in [0.2, 0.25) is 21.8 Å². The molecule has 2 amide bonds. The van der Waals surface area contributed by atoms with Crippen molar-refractivity contribution >= 4 is 38.9 Å². The molecule has 0 spiro atoms. The van der Waals surface area contributed by atoms with E-state index in [4.69, 9.17) is 0 Å². The van der Waals surface area contributed by atoms with E-state index in [2.05, 4.69) is 15.4 Å². The lowest BCUT2D eigenvalue weighted by molar-refractivity contribution is -0.126. The van der Waals surface area contributed by atoms with Crippen LogP contribution in [0.25, 0.3) is 0 Å². The summed E-state index contributed by atoms with van der Waals surface area (Å²) >= 11 is 1.63. The van der Waals surface area contributed by atoms with Gasteiger partial charge in [-0.15, -0.1) is 11.3 Å². The minimum Gasteiger partial charge on any atom is -0.351 e. The molecular weight excluding hydrogens is 446 g/mol. The third-order valence-corrected chi connectivity index (χ3v) is 8.61. The van der Waals surface area contributed by atoms with E-state index in [1.54, 1.807) is 29.5 Å². The number of amides is 2.